The standard InChI is InChI=1S/C25H26N4O4/c1-2-33-24(32)16-9-6-10-29(14-16)25-27-22-21(23(31)28-25)18-11-17(15-7-4-3-5-8-15)12-20(30)19(18)13-26-22/h3-5,7-8,13,16-17H,2,6,9-12,14H2,1H3,(H,26,27,28,31)/t16-,17+/m0/s1. The highest BCUT2D eigenvalue weighted by atomic mass is 16.5. The van der Waals surface area contributed by atoms with Crippen LogP contribution in [-0.4, -0.2) is 46.4 Å². The third-order valence-electron chi connectivity index (χ3n) is 6.63. The fourth-order valence-corrected chi connectivity index (χ4v) is 4.99. The molecule has 1 aliphatic carbocycles. The molecule has 2 aromatic heterocycles. The van der Waals surface area contributed by atoms with Crippen LogP contribution in [0.2, 0.25) is 0 Å². The molecule has 8 heteroatoms. The zero-order chi connectivity index (χ0) is 22.9. The van der Waals surface area contributed by atoms with Crippen LogP contribution in [0.15, 0.2) is 41.3 Å². The lowest BCUT2D eigenvalue weighted by Gasteiger charge is -2.32. The number of ketones is 1. The van der Waals surface area contributed by atoms with Crippen LogP contribution >= 0.6 is 0 Å². The van der Waals surface area contributed by atoms with Crippen LogP contribution < -0.4 is 10.5 Å². The van der Waals surface area contributed by atoms with E-state index >= 15 is 0 Å². The normalized spacial score (nSPS) is 20.5. The van der Waals surface area contributed by atoms with Crippen molar-refractivity contribution in [2.45, 2.75) is 38.5 Å². The van der Waals surface area contributed by atoms with Gasteiger partial charge in [0.1, 0.15) is 0 Å². The van der Waals surface area contributed by atoms with Crippen LogP contribution in [0.4, 0.5) is 5.95 Å². The van der Waals surface area contributed by atoms with E-state index in [4.69, 9.17) is 4.74 Å². The Bertz CT molecular complexity index is 1270. The first-order valence-corrected chi connectivity index (χ1v) is 11.5. The molecule has 1 aromatic carbocycles. The number of pyridine rings is 1. The summed E-state index contributed by atoms with van der Waals surface area (Å²) in [5, 5.41) is 0.379. The van der Waals surface area contributed by atoms with Gasteiger partial charge in [-0.05, 0) is 43.2 Å². The van der Waals surface area contributed by atoms with Gasteiger partial charge in [-0.2, -0.15) is 4.98 Å². The van der Waals surface area contributed by atoms with Crippen molar-refractivity contribution >= 4 is 28.7 Å². The summed E-state index contributed by atoms with van der Waals surface area (Å²) in [7, 11) is 0. The average molecular weight is 447 g/mol. The number of nitrogens with one attached hydrogen (secondary N) is 1. The van der Waals surface area contributed by atoms with Gasteiger partial charge in [0.2, 0.25) is 5.95 Å². The number of hydrogen-bond acceptors (Lipinski definition) is 7. The number of carbonyl (C=O) groups is 2. The van der Waals surface area contributed by atoms with E-state index in [1.807, 2.05) is 35.2 Å². The summed E-state index contributed by atoms with van der Waals surface area (Å²) in [6.07, 6.45) is 4.09. The van der Waals surface area contributed by atoms with E-state index in [-0.39, 0.29) is 29.1 Å². The topological polar surface area (TPSA) is 105 Å². The minimum Gasteiger partial charge on any atom is -0.466 e. The number of nitrogens with zero attached hydrogens (tertiary/aromatic N) is 3. The van der Waals surface area contributed by atoms with Crippen molar-refractivity contribution in [1.82, 2.24) is 15.0 Å². The number of anilines is 1. The molecule has 1 saturated heterocycles. The van der Waals surface area contributed by atoms with E-state index in [2.05, 4.69) is 15.0 Å². The number of Topliss-reactive ketones (excluding diaryl/α,β-unsaturated/α-hetero) is 1. The molecule has 1 fully saturated rings. The van der Waals surface area contributed by atoms with Gasteiger partial charge in [0.05, 0.1) is 17.9 Å². The molecular formula is C25H26N4O4. The molecule has 2 aliphatic rings. The first-order chi connectivity index (χ1) is 16.0. The monoisotopic (exact) mass is 446 g/mol. The van der Waals surface area contributed by atoms with Gasteiger partial charge >= 0.3 is 5.97 Å². The summed E-state index contributed by atoms with van der Waals surface area (Å²) in [4.78, 5) is 52.1. The Kier molecular flexibility index (Phi) is 5.66. The number of H-pyrrole nitrogens is 1. The molecule has 0 bridgehead atoms. The van der Waals surface area contributed by atoms with Gasteiger partial charge < -0.3 is 9.64 Å². The molecule has 170 valence electrons. The first-order valence-electron chi connectivity index (χ1n) is 11.5. The van der Waals surface area contributed by atoms with E-state index in [0.717, 1.165) is 18.4 Å². The van der Waals surface area contributed by atoms with Crippen LogP contribution in [0.1, 0.15) is 53.6 Å². The molecule has 0 unspecified atom stereocenters. The molecule has 1 N–H and O–H groups in total. The second-order valence-corrected chi connectivity index (χ2v) is 8.71. The molecule has 0 saturated carbocycles. The predicted octanol–water partition coefficient (Wildman–Crippen LogP) is 3.01. The number of aromatic amines is 1. The Labute approximate surface area is 191 Å². The van der Waals surface area contributed by atoms with E-state index in [1.165, 1.54) is 0 Å². The second-order valence-electron chi connectivity index (χ2n) is 8.71. The third-order valence-corrected chi connectivity index (χ3v) is 6.63. The summed E-state index contributed by atoms with van der Waals surface area (Å²) in [6.45, 7) is 3.26. The van der Waals surface area contributed by atoms with Crippen molar-refractivity contribution in [2.24, 2.45) is 5.92 Å². The summed E-state index contributed by atoms with van der Waals surface area (Å²) in [5.41, 5.74) is 2.33. The molecule has 8 nitrogen and oxygen atoms in total. The number of hydrogen-bond donors (Lipinski definition) is 1. The van der Waals surface area contributed by atoms with Gasteiger partial charge in [-0.3, -0.25) is 19.4 Å². The molecule has 0 radical (unpaired) electrons. The number of benzene rings is 1. The molecule has 0 amide bonds. The van der Waals surface area contributed by atoms with Crippen LogP contribution in [0, 0.1) is 5.92 Å². The van der Waals surface area contributed by atoms with Crippen molar-refractivity contribution in [3.05, 3.63) is 63.6 Å². The van der Waals surface area contributed by atoms with E-state index in [1.54, 1.807) is 13.1 Å². The molecule has 33 heavy (non-hydrogen) atoms. The number of rotatable bonds is 4. The van der Waals surface area contributed by atoms with Gasteiger partial charge in [0.25, 0.3) is 5.56 Å². The minimum atomic E-state index is -0.306. The Morgan fingerprint density at radius 2 is 2.03 bits per heavy atom. The fraction of sp³-hybridized carbons (Fsp3) is 0.400. The van der Waals surface area contributed by atoms with Crippen LogP contribution in [0.5, 0.6) is 0 Å². The zero-order valence-electron chi connectivity index (χ0n) is 18.5. The van der Waals surface area contributed by atoms with Crippen molar-refractivity contribution in [3.8, 4) is 0 Å². The van der Waals surface area contributed by atoms with Crippen molar-refractivity contribution < 1.29 is 14.3 Å². The number of esters is 1. The number of piperidine rings is 1. The first kappa shape index (κ1) is 21.3. The Balaban J connectivity index is 1.50. The molecule has 2 atom stereocenters. The van der Waals surface area contributed by atoms with Crippen LogP contribution in [0.25, 0.3) is 11.0 Å². The van der Waals surface area contributed by atoms with Gasteiger partial charge in [0, 0.05) is 31.3 Å². The Morgan fingerprint density at radius 1 is 1.21 bits per heavy atom. The van der Waals surface area contributed by atoms with Crippen molar-refractivity contribution in [1.29, 1.82) is 0 Å². The molecule has 3 heterocycles. The summed E-state index contributed by atoms with van der Waals surface area (Å²) in [5.74, 6) is -0.0567. The van der Waals surface area contributed by atoms with Crippen molar-refractivity contribution in [3.63, 3.8) is 0 Å². The number of fused-ring (bicyclic) bond motifs is 3. The maximum absolute atomic E-state index is 13.2. The summed E-state index contributed by atoms with van der Waals surface area (Å²) in [6, 6.07) is 9.91. The Morgan fingerprint density at radius 3 is 2.82 bits per heavy atom. The predicted molar refractivity (Wildman–Crippen MR) is 124 cm³/mol. The Hall–Kier alpha value is -3.55. The van der Waals surface area contributed by atoms with Gasteiger partial charge in [-0.15, -0.1) is 0 Å². The highest BCUT2D eigenvalue weighted by Crippen LogP contribution is 2.34. The number of ether oxygens (including phenoxy) is 1. The lowest BCUT2D eigenvalue weighted by molar-refractivity contribution is -0.148. The van der Waals surface area contributed by atoms with Gasteiger partial charge in [0.15, 0.2) is 11.4 Å². The van der Waals surface area contributed by atoms with Gasteiger partial charge in [-0.1, -0.05) is 30.3 Å². The third kappa shape index (κ3) is 4.01. The highest BCUT2D eigenvalue weighted by Gasteiger charge is 2.31. The fourth-order valence-electron chi connectivity index (χ4n) is 4.99. The average Bonchev–Trinajstić information content (AvgIpc) is 2.84. The van der Waals surface area contributed by atoms with E-state index in [9.17, 15) is 14.4 Å². The lowest BCUT2D eigenvalue weighted by Crippen LogP contribution is -2.41. The molecule has 5 rings (SSSR count). The zero-order valence-corrected chi connectivity index (χ0v) is 18.5. The quantitative estimate of drug-likeness (QED) is 0.614. The molecule has 3 aromatic rings. The van der Waals surface area contributed by atoms with E-state index < -0.39 is 0 Å². The highest BCUT2D eigenvalue weighted by molar-refractivity contribution is 6.02. The SMILES string of the molecule is CCOC(=O)[C@H]1CCCN(c2nc3ncc4c(c3c(=O)[nH]2)C[C@@H](c2ccccc2)CC4=O)C1. The number of aromatic nitrogens is 3. The van der Waals surface area contributed by atoms with E-state index in [0.29, 0.717) is 60.6 Å². The van der Waals surface area contributed by atoms with Crippen LogP contribution in [0.3, 0.4) is 0 Å². The minimum absolute atomic E-state index is 0.00344. The molecular weight excluding hydrogens is 420 g/mol. The maximum Gasteiger partial charge on any atom is 0.310 e. The smallest absolute Gasteiger partial charge is 0.310 e. The maximum atomic E-state index is 13.2. The lowest BCUT2D eigenvalue weighted by atomic mass is 9.79. The summed E-state index contributed by atoms with van der Waals surface area (Å²) < 4.78 is 5.18. The van der Waals surface area contributed by atoms with Gasteiger partial charge in [-0.25, -0.2) is 4.98 Å². The molecule has 0 spiro atoms. The summed E-state index contributed by atoms with van der Waals surface area (Å²) >= 11 is 0. The van der Waals surface area contributed by atoms with Crippen LogP contribution in [-0.2, 0) is 16.0 Å². The number of carbonyl (C=O) groups excluding carboxylic acids is 2. The van der Waals surface area contributed by atoms with Crippen molar-refractivity contribution in [2.75, 3.05) is 24.6 Å². The molecule has 1 aliphatic heterocycles. The second kappa shape index (κ2) is 8.77. The largest absolute Gasteiger partial charge is 0.466 e.